The van der Waals surface area contributed by atoms with Crippen LogP contribution in [0.1, 0.15) is 43.4 Å². The van der Waals surface area contributed by atoms with Crippen LogP contribution in [0.5, 0.6) is 0 Å². The number of fused-ring (bicyclic) bond motifs is 1. The van der Waals surface area contributed by atoms with Crippen LogP contribution in [0.3, 0.4) is 0 Å². The summed E-state index contributed by atoms with van der Waals surface area (Å²) < 4.78 is 11.5. The van der Waals surface area contributed by atoms with E-state index in [4.69, 9.17) is 8.83 Å². The largest absolute Gasteiger partial charge is 0.441 e. The number of rotatable bonds is 7. The van der Waals surface area contributed by atoms with Gasteiger partial charge in [-0.1, -0.05) is 30.3 Å². The summed E-state index contributed by atoms with van der Waals surface area (Å²) in [5, 5.41) is 2.93. The van der Waals surface area contributed by atoms with E-state index in [9.17, 15) is 4.79 Å². The fraction of sp³-hybridized carbons (Fsp3) is 0.261. The molecule has 2 aromatic heterocycles. The van der Waals surface area contributed by atoms with Crippen LogP contribution in [0, 0.1) is 0 Å². The van der Waals surface area contributed by atoms with Crippen LogP contribution in [-0.4, -0.2) is 15.9 Å². The van der Waals surface area contributed by atoms with Crippen LogP contribution in [-0.2, 0) is 11.2 Å². The molecular weight excluding hydrogens is 366 g/mol. The van der Waals surface area contributed by atoms with Crippen molar-refractivity contribution in [3.63, 3.8) is 0 Å². The Morgan fingerprint density at radius 2 is 1.97 bits per heavy atom. The number of hydrogen-bond donors (Lipinski definition) is 1. The molecule has 1 aliphatic carbocycles. The minimum Gasteiger partial charge on any atom is -0.441 e. The van der Waals surface area contributed by atoms with E-state index >= 15 is 0 Å². The van der Waals surface area contributed by atoms with Gasteiger partial charge in [0.25, 0.3) is 0 Å². The van der Waals surface area contributed by atoms with Crippen molar-refractivity contribution in [2.45, 2.75) is 38.0 Å². The maximum absolute atomic E-state index is 12.3. The van der Waals surface area contributed by atoms with Crippen LogP contribution >= 0.6 is 0 Å². The van der Waals surface area contributed by atoms with Crippen molar-refractivity contribution in [2.75, 3.05) is 5.32 Å². The van der Waals surface area contributed by atoms with E-state index in [1.54, 1.807) is 6.20 Å². The van der Waals surface area contributed by atoms with Gasteiger partial charge in [-0.25, -0.2) is 9.97 Å². The molecule has 29 heavy (non-hydrogen) atoms. The second-order valence-corrected chi connectivity index (χ2v) is 7.39. The Morgan fingerprint density at radius 1 is 1.10 bits per heavy atom. The summed E-state index contributed by atoms with van der Waals surface area (Å²) in [6.07, 6.45) is 5.70. The molecule has 6 nitrogen and oxygen atoms in total. The number of carbonyl (C=O) groups is 1. The molecule has 1 saturated carbocycles. The average molecular weight is 387 g/mol. The number of nitrogens with one attached hydrogen (secondary N) is 1. The summed E-state index contributed by atoms with van der Waals surface area (Å²) in [5.74, 6) is 2.64. The molecule has 1 N–H and O–H groups in total. The minimum absolute atomic E-state index is 0.0369. The Hall–Kier alpha value is -3.41. The summed E-state index contributed by atoms with van der Waals surface area (Å²) >= 11 is 0. The maximum Gasteiger partial charge on any atom is 0.224 e. The number of oxazole rings is 2. The van der Waals surface area contributed by atoms with Crippen molar-refractivity contribution < 1.29 is 13.6 Å². The third-order valence-electron chi connectivity index (χ3n) is 5.02. The van der Waals surface area contributed by atoms with Crippen molar-refractivity contribution >= 4 is 22.7 Å². The Labute approximate surface area is 168 Å². The summed E-state index contributed by atoms with van der Waals surface area (Å²) in [4.78, 5) is 21.1. The number of hydrogen-bond acceptors (Lipinski definition) is 5. The van der Waals surface area contributed by atoms with Gasteiger partial charge in [-0.15, -0.1) is 0 Å². The molecule has 0 radical (unpaired) electrons. The van der Waals surface area contributed by atoms with Crippen LogP contribution < -0.4 is 5.32 Å². The van der Waals surface area contributed by atoms with Crippen LogP contribution in [0.2, 0.25) is 0 Å². The molecule has 0 unspecified atom stereocenters. The molecule has 5 rings (SSSR count). The highest BCUT2D eigenvalue weighted by atomic mass is 16.4. The SMILES string of the molecule is O=C(CCCc1ncc(-c2ccccc2)o1)Nc1ccc2oc(C3CC3)nc2c1. The van der Waals surface area contributed by atoms with Crippen molar-refractivity contribution in [2.24, 2.45) is 0 Å². The predicted octanol–water partition coefficient (Wildman–Crippen LogP) is 5.32. The van der Waals surface area contributed by atoms with Gasteiger partial charge in [0.15, 0.2) is 23.1 Å². The van der Waals surface area contributed by atoms with Gasteiger partial charge in [-0.05, 0) is 37.5 Å². The van der Waals surface area contributed by atoms with Crippen LogP contribution in [0.25, 0.3) is 22.4 Å². The van der Waals surface area contributed by atoms with Crippen molar-refractivity contribution in [3.8, 4) is 11.3 Å². The number of nitrogens with zero attached hydrogens (tertiary/aromatic N) is 2. The zero-order chi connectivity index (χ0) is 19.6. The highest BCUT2D eigenvalue weighted by molar-refractivity contribution is 5.92. The maximum atomic E-state index is 12.3. The van der Waals surface area contributed by atoms with E-state index in [0.29, 0.717) is 31.1 Å². The molecule has 0 saturated heterocycles. The average Bonchev–Trinajstić information content (AvgIpc) is 3.33. The highest BCUT2D eigenvalue weighted by Crippen LogP contribution is 2.40. The first-order valence-corrected chi connectivity index (χ1v) is 9.95. The molecule has 2 heterocycles. The highest BCUT2D eigenvalue weighted by Gasteiger charge is 2.28. The van der Waals surface area contributed by atoms with Crippen molar-refractivity contribution in [1.82, 2.24) is 9.97 Å². The fourth-order valence-corrected chi connectivity index (χ4v) is 3.31. The predicted molar refractivity (Wildman–Crippen MR) is 109 cm³/mol. The standard InChI is InChI=1S/C23H21N3O3/c27-21(7-4-8-22-24-14-20(28-22)15-5-2-1-3-6-15)25-17-11-12-19-18(13-17)26-23(29-19)16-9-10-16/h1-3,5-6,11-14,16H,4,7-10H2,(H,25,27). The lowest BCUT2D eigenvalue weighted by molar-refractivity contribution is -0.116. The monoisotopic (exact) mass is 387 g/mol. The van der Waals surface area contributed by atoms with Gasteiger partial charge in [0.2, 0.25) is 5.91 Å². The van der Waals surface area contributed by atoms with Gasteiger partial charge < -0.3 is 14.2 Å². The number of aromatic nitrogens is 2. The van der Waals surface area contributed by atoms with Gasteiger partial charge in [-0.3, -0.25) is 4.79 Å². The van der Waals surface area contributed by atoms with Crippen molar-refractivity contribution in [1.29, 1.82) is 0 Å². The van der Waals surface area contributed by atoms with Gasteiger partial charge in [0, 0.05) is 30.0 Å². The molecule has 1 fully saturated rings. The van der Waals surface area contributed by atoms with Crippen LogP contribution in [0.4, 0.5) is 5.69 Å². The minimum atomic E-state index is -0.0369. The summed E-state index contributed by atoms with van der Waals surface area (Å²) in [5.41, 5.74) is 3.29. The zero-order valence-corrected chi connectivity index (χ0v) is 15.9. The number of amides is 1. The molecular formula is C23H21N3O3. The lowest BCUT2D eigenvalue weighted by Crippen LogP contribution is -2.11. The Bertz CT molecular complexity index is 1140. The Balaban J connectivity index is 1.14. The third kappa shape index (κ3) is 4.06. The smallest absolute Gasteiger partial charge is 0.224 e. The molecule has 2 aromatic carbocycles. The molecule has 1 amide bonds. The topological polar surface area (TPSA) is 81.2 Å². The summed E-state index contributed by atoms with van der Waals surface area (Å²) in [7, 11) is 0. The third-order valence-corrected chi connectivity index (χ3v) is 5.02. The van der Waals surface area contributed by atoms with E-state index in [1.807, 2.05) is 48.5 Å². The summed E-state index contributed by atoms with van der Waals surface area (Å²) in [6.45, 7) is 0. The zero-order valence-electron chi connectivity index (χ0n) is 15.9. The lowest BCUT2D eigenvalue weighted by atomic mass is 10.2. The molecule has 0 atom stereocenters. The Morgan fingerprint density at radius 3 is 2.79 bits per heavy atom. The Kier molecular flexibility index (Phi) is 4.60. The normalized spacial score (nSPS) is 13.7. The molecule has 1 aliphatic rings. The van der Waals surface area contributed by atoms with E-state index < -0.39 is 0 Å². The number of benzene rings is 2. The quantitative estimate of drug-likeness (QED) is 0.464. The van der Waals surface area contributed by atoms with Gasteiger partial charge >= 0.3 is 0 Å². The second-order valence-electron chi connectivity index (χ2n) is 7.39. The van der Waals surface area contributed by atoms with E-state index in [1.165, 1.54) is 0 Å². The van der Waals surface area contributed by atoms with Gasteiger partial charge in [0.1, 0.15) is 5.52 Å². The fourth-order valence-electron chi connectivity index (χ4n) is 3.31. The van der Waals surface area contributed by atoms with E-state index in [2.05, 4.69) is 15.3 Å². The van der Waals surface area contributed by atoms with Crippen LogP contribution in [0.15, 0.2) is 63.6 Å². The first-order valence-electron chi connectivity index (χ1n) is 9.95. The molecule has 0 bridgehead atoms. The van der Waals surface area contributed by atoms with Gasteiger partial charge in [0.05, 0.1) is 6.20 Å². The van der Waals surface area contributed by atoms with E-state index in [0.717, 1.165) is 46.8 Å². The van der Waals surface area contributed by atoms with Crippen molar-refractivity contribution in [3.05, 3.63) is 66.5 Å². The molecule has 0 aliphatic heterocycles. The second kappa shape index (κ2) is 7.54. The van der Waals surface area contributed by atoms with Gasteiger partial charge in [-0.2, -0.15) is 0 Å². The number of anilines is 1. The number of aryl methyl sites for hydroxylation is 1. The lowest BCUT2D eigenvalue weighted by Gasteiger charge is -2.04. The molecule has 6 heteroatoms. The molecule has 0 spiro atoms. The van der Waals surface area contributed by atoms with E-state index in [-0.39, 0.29) is 5.91 Å². The first kappa shape index (κ1) is 17.7. The first-order chi connectivity index (χ1) is 14.2. The molecule has 4 aromatic rings. The number of carbonyl (C=O) groups excluding carboxylic acids is 1. The molecule has 146 valence electrons. The summed E-state index contributed by atoms with van der Waals surface area (Å²) in [6, 6.07) is 15.4.